The highest BCUT2D eigenvalue weighted by molar-refractivity contribution is 6.34. The summed E-state index contributed by atoms with van der Waals surface area (Å²) in [7, 11) is 0. The second-order valence-corrected chi connectivity index (χ2v) is 4.39. The summed E-state index contributed by atoms with van der Waals surface area (Å²) in [5.41, 5.74) is -0.330. The minimum atomic E-state index is -0.651. The van der Waals surface area contributed by atoms with Gasteiger partial charge in [0.15, 0.2) is 6.20 Å². The van der Waals surface area contributed by atoms with Gasteiger partial charge in [0.2, 0.25) is 6.20 Å². The number of nitro groups is 1. The van der Waals surface area contributed by atoms with Crippen LogP contribution in [0.25, 0.3) is 0 Å². The maximum atomic E-state index is 11.2. The Morgan fingerprint density at radius 1 is 1.21 bits per heavy atom. The Bertz CT molecular complexity index is 628. The van der Waals surface area contributed by atoms with Crippen LogP contribution in [-0.4, -0.2) is 4.92 Å². The third kappa shape index (κ3) is 3.24. The molecule has 0 fully saturated rings. The van der Waals surface area contributed by atoms with E-state index in [2.05, 4.69) is 0 Å². The van der Waals surface area contributed by atoms with Gasteiger partial charge in [-0.25, -0.2) is 0 Å². The zero-order valence-corrected chi connectivity index (χ0v) is 10.8. The van der Waals surface area contributed by atoms with Crippen LogP contribution in [0.1, 0.15) is 0 Å². The van der Waals surface area contributed by atoms with Gasteiger partial charge in [0.25, 0.3) is 5.75 Å². The molecule has 0 saturated heterocycles. The van der Waals surface area contributed by atoms with Crippen molar-refractivity contribution in [2.45, 2.75) is 0 Å². The minimum Gasteiger partial charge on any atom is -0.619 e. The van der Waals surface area contributed by atoms with E-state index in [0.717, 1.165) is 18.5 Å². The predicted octanol–water partition coefficient (Wildman–Crippen LogP) is 3.33. The summed E-state index contributed by atoms with van der Waals surface area (Å²) >= 11 is 11.6. The van der Waals surface area contributed by atoms with Gasteiger partial charge in [0, 0.05) is 10.0 Å². The lowest BCUT2D eigenvalue weighted by atomic mass is 10.3. The lowest BCUT2D eigenvalue weighted by Crippen LogP contribution is -2.24. The van der Waals surface area contributed by atoms with Crippen LogP contribution in [0.5, 0.6) is 11.5 Å². The zero-order valence-electron chi connectivity index (χ0n) is 9.25. The number of benzene rings is 1. The van der Waals surface area contributed by atoms with Gasteiger partial charge in [-0.1, -0.05) is 23.2 Å². The van der Waals surface area contributed by atoms with E-state index in [-0.39, 0.29) is 17.2 Å². The summed E-state index contributed by atoms with van der Waals surface area (Å²) in [6.45, 7) is 0. The smallest absolute Gasteiger partial charge is 0.323 e. The van der Waals surface area contributed by atoms with Crippen molar-refractivity contribution in [2.75, 3.05) is 0 Å². The topological polar surface area (TPSA) is 79.3 Å². The fourth-order valence-corrected chi connectivity index (χ4v) is 1.90. The molecule has 0 aliphatic heterocycles. The number of nitrogens with zero attached hydrogens (tertiary/aromatic N) is 2. The molecule has 19 heavy (non-hydrogen) atoms. The number of halogens is 2. The van der Waals surface area contributed by atoms with Gasteiger partial charge in [-0.2, -0.15) is 4.73 Å². The number of ether oxygens (including phenoxy) is 1. The van der Waals surface area contributed by atoms with Gasteiger partial charge in [-0.15, -0.1) is 0 Å². The second kappa shape index (κ2) is 5.29. The third-order valence-corrected chi connectivity index (χ3v) is 2.57. The van der Waals surface area contributed by atoms with Crippen molar-refractivity contribution in [3.63, 3.8) is 0 Å². The van der Waals surface area contributed by atoms with E-state index in [1.807, 2.05) is 0 Å². The summed E-state index contributed by atoms with van der Waals surface area (Å²) in [4.78, 5) is 10.2. The Balaban J connectivity index is 2.42. The summed E-state index contributed by atoms with van der Waals surface area (Å²) in [6, 6.07) is 5.40. The Morgan fingerprint density at radius 3 is 2.42 bits per heavy atom. The van der Waals surface area contributed by atoms with E-state index < -0.39 is 4.92 Å². The van der Waals surface area contributed by atoms with E-state index in [1.165, 1.54) is 18.2 Å². The average Bonchev–Trinajstić information content (AvgIpc) is 2.26. The molecule has 0 N–H and O–H groups in total. The molecule has 0 radical (unpaired) electrons. The van der Waals surface area contributed by atoms with E-state index in [4.69, 9.17) is 27.9 Å². The highest BCUT2D eigenvalue weighted by Gasteiger charge is 2.19. The number of rotatable bonds is 3. The number of aromatic nitrogens is 1. The number of hydrogen-bond donors (Lipinski definition) is 0. The number of hydrogen-bond acceptors (Lipinski definition) is 4. The Labute approximate surface area is 117 Å². The van der Waals surface area contributed by atoms with Gasteiger partial charge in [0.1, 0.15) is 5.75 Å². The van der Waals surface area contributed by atoms with Crippen molar-refractivity contribution >= 4 is 28.9 Å². The minimum absolute atomic E-state index is 0.194. The molecule has 0 unspecified atom stereocenters. The lowest BCUT2D eigenvalue weighted by molar-refractivity contribution is -0.606. The van der Waals surface area contributed by atoms with Crippen LogP contribution in [0.15, 0.2) is 36.7 Å². The first-order valence-electron chi connectivity index (χ1n) is 4.97. The van der Waals surface area contributed by atoms with Crippen molar-refractivity contribution in [1.29, 1.82) is 0 Å². The van der Waals surface area contributed by atoms with Crippen LogP contribution in [0.2, 0.25) is 10.0 Å². The highest BCUT2D eigenvalue weighted by atomic mass is 35.5. The van der Waals surface area contributed by atoms with Gasteiger partial charge in [-0.3, -0.25) is 10.1 Å². The number of pyridine rings is 1. The molecule has 0 bridgehead atoms. The maximum Gasteiger partial charge on any atom is 0.323 e. The molecule has 0 aliphatic rings. The van der Waals surface area contributed by atoms with E-state index in [0.29, 0.717) is 14.8 Å². The van der Waals surface area contributed by atoms with Gasteiger partial charge >= 0.3 is 5.69 Å². The van der Waals surface area contributed by atoms with Crippen molar-refractivity contribution in [2.24, 2.45) is 0 Å². The van der Waals surface area contributed by atoms with Crippen LogP contribution in [-0.2, 0) is 0 Å². The fourth-order valence-electron chi connectivity index (χ4n) is 1.39. The van der Waals surface area contributed by atoms with Crippen LogP contribution < -0.4 is 9.47 Å². The van der Waals surface area contributed by atoms with Crippen molar-refractivity contribution < 1.29 is 14.4 Å². The summed E-state index contributed by atoms with van der Waals surface area (Å²) in [5, 5.41) is 22.6. The van der Waals surface area contributed by atoms with Crippen LogP contribution in [0, 0.1) is 15.3 Å². The van der Waals surface area contributed by atoms with Gasteiger partial charge in [0.05, 0.1) is 11.0 Å². The molecule has 2 rings (SSSR count). The molecular weight excluding hydrogens is 295 g/mol. The van der Waals surface area contributed by atoms with Crippen molar-refractivity contribution in [1.82, 2.24) is 0 Å². The Kier molecular flexibility index (Phi) is 3.73. The van der Waals surface area contributed by atoms with E-state index >= 15 is 0 Å². The molecule has 98 valence electrons. The van der Waals surface area contributed by atoms with Gasteiger partial charge < -0.3 is 9.94 Å². The van der Waals surface area contributed by atoms with Crippen molar-refractivity contribution in [3.05, 3.63) is 62.0 Å². The monoisotopic (exact) mass is 300 g/mol. The van der Waals surface area contributed by atoms with E-state index in [1.54, 1.807) is 0 Å². The average molecular weight is 301 g/mol. The Morgan fingerprint density at radius 2 is 1.84 bits per heavy atom. The molecule has 6 nitrogen and oxygen atoms in total. The first-order valence-corrected chi connectivity index (χ1v) is 5.72. The zero-order chi connectivity index (χ0) is 14.0. The molecule has 0 aliphatic carbocycles. The summed E-state index contributed by atoms with van der Waals surface area (Å²) in [6.07, 6.45) is 1.96. The maximum absolute atomic E-state index is 11.2. The molecule has 0 saturated carbocycles. The fraction of sp³-hybridized carbons (Fsp3) is 0. The first-order chi connectivity index (χ1) is 8.95. The predicted molar refractivity (Wildman–Crippen MR) is 68.6 cm³/mol. The molecule has 1 aromatic carbocycles. The third-order valence-electron chi connectivity index (χ3n) is 2.14. The normalized spacial score (nSPS) is 10.2. The molecule has 0 amide bonds. The lowest BCUT2D eigenvalue weighted by Gasteiger charge is -2.06. The molecule has 2 aromatic rings. The molecular formula is C11H6Cl2N2O4. The van der Waals surface area contributed by atoms with Crippen LogP contribution >= 0.6 is 23.2 Å². The Hall–Kier alpha value is -2.05. The SMILES string of the molecule is O=[N+]([O-])c1cc[n+]([O-])cc1Oc1cc(Cl)cc(Cl)c1. The van der Waals surface area contributed by atoms with Crippen LogP contribution in [0.3, 0.4) is 0 Å². The molecule has 8 heteroatoms. The molecule has 0 atom stereocenters. The summed E-state index contributed by atoms with van der Waals surface area (Å²) in [5.74, 6) is 0.00707. The quantitative estimate of drug-likeness (QED) is 0.377. The standard InChI is InChI=1S/C11H6Cl2N2O4/c12-7-3-8(13)5-9(4-7)19-11-6-14(16)2-1-10(11)15(17)18/h1-6H. The largest absolute Gasteiger partial charge is 0.619 e. The molecule has 1 heterocycles. The molecule has 1 aromatic heterocycles. The van der Waals surface area contributed by atoms with Crippen LogP contribution in [0.4, 0.5) is 5.69 Å². The molecule has 0 spiro atoms. The highest BCUT2D eigenvalue weighted by Crippen LogP contribution is 2.32. The van der Waals surface area contributed by atoms with E-state index in [9.17, 15) is 15.3 Å². The second-order valence-electron chi connectivity index (χ2n) is 3.52. The van der Waals surface area contributed by atoms with Crippen molar-refractivity contribution in [3.8, 4) is 11.5 Å². The first kappa shape index (κ1) is 13.4. The van der Waals surface area contributed by atoms with Gasteiger partial charge in [-0.05, 0) is 18.2 Å². The summed E-state index contributed by atoms with van der Waals surface area (Å²) < 4.78 is 5.68.